The van der Waals surface area contributed by atoms with Crippen molar-refractivity contribution in [2.24, 2.45) is 0 Å². The third-order valence-corrected chi connectivity index (χ3v) is 4.06. The number of esters is 1. The van der Waals surface area contributed by atoms with Gasteiger partial charge in [-0.05, 0) is 48.0 Å². The molecule has 0 aromatic carbocycles. The molecule has 2 aliphatic rings. The van der Waals surface area contributed by atoms with Gasteiger partial charge in [-0.15, -0.1) is 0 Å². The normalized spacial score (nSPS) is 26.5. The lowest BCUT2D eigenvalue weighted by Crippen LogP contribution is -2.48. The summed E-state index contributed by atoms with van der Waals surface area (Å²) in [5, 5.41) is 0. The van der Waals surface area contributed by atoms with Crippen molar-refractivity contribution in [1.82, 2.24) is 9.80 Å². The predicted octanol–water partition coefficient (Wildman–Crippen LogP) is 2.66. The minimum atomic E-state index is -3.10. The van der Waals surface area contributed by atoms with Gasteiger partial charge in [0.15, 0.2) is 0 Å². The van der Waals surface area contributed by atoms with Gasteiger partial charge in [0.25, 0.3) is 5.92 Å². The number of nitrogens with zero attached hydrogens (tertiary/aromatic N) is 2. The Morgan fingerprint density at radius 3 is 2.16 bits per heavy atom. The molecule has 2 atom stereocenters. The van der Waals surface area contributed by atoms with E-state index in [0.29, 0.717) is 13.0 Å². The van der Waals surface area contributed by atoms with Crippen molar-refractivity contribution < 1.29 is 27.8 Å². The number of hydrogen-bond donors (Lipinski definition) is 0. The van der Waals surface area contributed by atoms with Gasteiger partial charge in [0.1, 0.15) is 11.2 Å². The molecule has 0 aromatic rings. The first-order chi connectivity index (χ1) is 11.2. The number of likely N-dealkylation sites (tertiary alicyclic amines) is 2. The number of ether oxygens (including phenoxy) is 2. The molecule has 25 heavy (non-hydrogen) atoms. The zero-order chi connectivity index (χ0) is 19.2. The average Bonchev–Trinajstić information content (AvgIpc) is 2.85. The van der Waals surface area contributed by atoms with Crippen LogP contribution in [0.3, 0.4) is 0 Å². The fourth-order valence-electron chi connectivity index (χ4n) is 3.39. The zero-order valence-electron chi connectivity index (χ0n) is 15.8. The van der Waals surface area contributed by atoms with Gasteiger partial charge >= 0.3 is 12.1 Å². The number of rotatable bonds is 2. The molecule has 2 rings (SSSR count). The van der Waals surface area contributed by atoms with Crippen molar-refractivity contribution in [2.75, 3.05) is 19.6 Å². The Hall–Kier alpha value is -1.44. The van der Waals surface area contributed by atoms with Crippen molar-refractivity contribution >= 4 is 12.1 Å². The Balaban J connectivity index is 2.09. The molecule has 2 heterocycles. The van der Waals surface area contributed by atoms with E-state index in [4.69, 9.17) is 9.47 Å². The zero-order valence-corrected chi connectivity index (χ0v) is 15.8. The van der Waals surface area contributed by atoms with Gasteiger partial charge in [-0.3, -0.25) is 14.6 Å². The summed E-state index contributed by atoms with van der Waals surface area (Å²) in [7, 11) is 0. The summed E-state index contributed by atoms with van der Waals surface area (Å²) in [6, 6.07) is -1.85. The topological polar surface area (TPSA) is 59.1 Å². The van der Waals surface area contributed by atoms with Gasteiger partial charge in [-0.1, -0.05) is 0 Å². The van der Waals surface area contributed by atoms with Crippen molar-refractivity contribution in [1.29, 1.82) is 0 Å². The van der Waals surface area contributed by atoms with Crippen LogP contribution < -0.4 is 0 Å². The Morgan fingerprint density at radius 1 is 1.08 bits per heavy atom. The Labute approximate surface area is 147 Å². The molecule has 0 spiro atoms. The van der Waals surface area contributed by atoms with E-state index in [1.807, 2.05) is 0 Å². The maximum atomic E-state index is 14.5. The molecule has 0 bridgehead atoms. The Bertz CT molecular complexity index is 540. The van der Waals surface area contributed by atoms with Crippen molar-refractivity contribution in [3.05, 3.63) is 0 Å². The van der Waals surface area contributed by atoms with E-state index in [1.54, 1.807) is 41.5 Å². The summed E-state index contributed by atoms with van der Waals surface area (Å²) >= 11 is 0. The quantitative estimate of drug-likeness (QED) is 0.707. The van der Waals surface area contributed by atoms with Gasteiger partial charge in [0, 0.05) is 6.54 Å². The number of hydrogen-bond acceptors (Lipinski definition) is 5. The van der Waals surface area contributed by atoms with Crippen molar-refractivity contribution in [3.8, 4) is 0 Å². The van der Waals surface area contributed by atoms with Gasteiger partial charge in [0.05, 0.1) is 25.2 Å². The number of alkyl halides is 2. The van der Waals surface area contributed by atoms with Gasteiger partial charge < -0.3 is 9.47 Å². The molecule has 2 saturated heterocycles. The van der Waals surface area contributed by atoms with Crippen LogP contribution in [0.4, 0.5) is 13.6 Å². The first-order valence-electron chi connectivity index (χ1n) is 8.53. The minimum absolute atomic E-state index is 0.212. The first kappa shape index (κ1) is 19.9. The molecule has 0 aromatic heterocycles. The van der Waals surface area contributed by atoms with E-state index in [2.05, 4.69) is 0 Å². The smallest absolute Gasteiger partial charge is 0.410 e. The predicted molar refractivity (Wildman–Crippen MR) is 87.5 cm³/mol. The summed E-state index contributed by atoms with van der Waals surface area (Å²) in [6.45, 7) is 9.67. The minimum Gasteiger partial charge on any atom is -0.459 e. The van der Waals surface area contributed by atoms with Gasteiger partial charge in [0.2, 0.25) is 0 Å². The van der Waals surface area contributed by atoms with Crippen LogP contribution in [0.1, 0.15) is 48.0 Å². The molecular weight excluding hydrogens is 334 g/mol. The second-order valence-corrected chi connectivity index (χ2v) is 8.73. The van der Waals surface area contributed by atoms with Crippen molar-refractivity contribution in [2.45, 2.75) is 77.2 Å². The van der Waals surface area contributed by atoms with Crippen LogP contribution in [-0.4, -0.2) is 70.7 Å². The second kappa shape index (κ2) is 6.37. The number of halogens is 2. The van der Waals surface area contributed by atoms with Crippen LogP contribution >= 0.6 is 0 Å². The fraction of sp³-hybridized carbons (Fsp3) is 0.882. The summed E-state index contributed by atoms with van der Waals surface area (Å²) in [5.74, 6) is -3.64. The molecule has 2 aliphatic heterocycles. The molecule has 144 valence electrons. The first-order valence-corrected chi connectivity index (χ1v) is 8.53. The lowest BCUT2D eigenvalue weighted by molar-refractivity contribution is -0.157. The molecule has 0 saturated carbocycles. The standard InChI is InChI=1S/C17H28F2N2O4/c1-15(2,3)24-12(22)9-20-8-7-11-13(20)17(18,19)10-21(11)14(23)25-16(4,5)6/h11,13H,7-10H2,1-6H3. The molecule has 1 amide bonds. The third-order valence-electron chi connectivity index (χ3n) is 4.06. The fourth-order valence-corrected chi connectivity index (χ4v) is 3.39. The highest BCUT2D eigenvalue weighted by Crippen LogP contribution is 2.42. The van der Waals surface area contributed by atoms with Gasteiger partial charge in [-0.25, -0.2) is 13.6 Å². The molecule has 0 N–H and O–H groups in total. The molecular formula is C17H28F2N2O4. The van der Waals surface area contributed by atoms with Crippen LogP contribution in [0, 0.1) is 0 Å². The summed E-state index contributed by atoms with van der Waals surface area (Å²) in [4.78, 5) is 26.8. The van der Waals surface area contributed by atoms with Crippen LogP contribution in [0.15, 0.2) is 0 Å². The maximum absolute atomic E-state index is 14.5. The monoisotopic (exact) mass is 362 g/mol. The van der Waals surface area contributed by atoms with E-state index in [1.165, 1.54) is 4.90 Å². The molecule has 8 heteroatoms. The Morgan fingerprint density at radius 2 is 1.64 bits per heavy atom. The lowest BCUT2D eigenvalue weighted by atomic mass is 10.1. The third kappa shape index (κ3) is 4.80. The molecule has 0 radical (unpaired) electrons. The number of carbonyl (C=O) groups is 2. The molecule has 6 nitrogen and oxygen atoms in total. The lowest BCUT2D eigenvalue weighted by Gasteiger charge is -2.28. The molecule has 0 aliphatic carbocycles. The Kier molecular flexibility index (Phi) is 5.07. The van der Waals surface area contributed by atoms with Crippen LogP contribution in [0.25, 0.3) is 0 Å². The van der Waals surface area contributed by atoms with E-state index in [-0.39, 0.29) is 6.54 Å². The largest absolute Gasteiger partial charge is 0.459 e. The molecule has 2 fully saturated rings. The van der Waals surface area contributed by atoms with Crippen LogP contribution in [0.2, 0.25) is 0 Å². The highest BCUT2D eigenvalue weighted by atomic mass is 19.3. The highest BCUT2D eigenvalue weighted by Gasteiger charge is 2.61. The van der Waals surface area contributed by atoms with E-state index >= 15 is 0 Å². The summed E-state index contributed by atoms with van der Waals surface area (Å²) < 4.78 is 39.6. The average molecular weight is 362 g/mol. The van der Waals surface area contributed by atoms with E-state index < -0.39 is 47.8 Å². The van der Waals surface area contributed by atoms with Crippen molar-refractivity contribution in [3.63, 3.8) is 0 Å². The number of amides is 1. The number of fused-ring (bicyclic) bond motifs is 1. The van der Waals surface area contributed by atoms with Gasteiger partial charge in [-0.2, -0.15) is 0 Å². The summed E-state index contributed by atoms with van der Waals surface area (Å²) in [5.41, 5.74) is -1.42. The van der Waals surface area contributed by atoms with Crippen LogP contribution in [-0.2, 0) is 14.3 Å². The summed E-state index contributed by atoms with van der Waals surface area (Å²) in [6.07, 6.45) is -0.360. The molecule has 2 unspecified atom stereocenters. The van der Waals surface area contributed by atoms with Crippen LogP contribution in [0.5, 0.6) is 0 Å². The second-order valence-electron chi connectivity index (χ2n) is 8.73. The number of carbonyl (C=O) groups excluding carboxylic acids is 2. The van der Waals surface area contributed by atoms with E-state index in [0.717, 1.165) is 4.90 Å². The van der Waals surface area contributed by atoms with E-state index in [9.17, 15) is 18.4 Å². The SMILES string of the molecule is CC(C)(C)OC(=O)CN1CCC2C1C(F)(F)CN2C(=O)OC(C)(C)C. The highest BCUT2D eigenvalue weighted by molar-refractivity contribution is 5.73. The maximum Gasteiger partial charge on any atom is 0.410 e.